The van der Waals surface area contributed by atoms with Gasteiger partial charge < -0.3 is 15.7 Å². The van der Waals surface area contributed by atoms with Crippen molar-refractivity contribution in [3.63, 3.8) is 0 Å². The maximum absolute atomic E-state index is 9.91. The molecule has 3 atom stereocenters. The monoisotopic (exact) mass is 233 g/mol. The molecule has 2 heterocycles. The van der Waals surface area contributed by atoms with E-state index in [9.17, 15) is 5.11 Å². The molecule has 0 bridgehead atoms. The van der Waals surface area contributed by atoms with Gasteiger partial charge in [-0.15, -0.1) is 0 Å². The Kier molecular flexibility index (Phi) is 2.47. The second-order valence-corrected chi connectivity index (χ2v) is 5.34. The van der Waals surface area contributed by atoms with Crippen LogP contribution in [-0.4, -0.2) is 29.3 Å². The number of aliphatic hydroxyl groups is 1. The Labute approximate surface area is 101 Å². The lowest BCUT2D eigenvalue weighted by molar-refractivity contribution is 0.133. The van der Waals surface area contributed by atoms with Crippen molar-refractivity contribution < 1.29 is 5.11 Å². The van der Waals surface area contributed by atoms with Gasteiger partial charge in [0.1, 0.15) is 0 Å². The highest BCUT2D eigenvalue weighted by molar-refractivity contribution is 5.63. The van der Waals surface area contributed by atoms with Crippen molar-refractivity contribution >= 4 is 11.5 Å². The van der Waals surface area contributed by atoms with E-state index in [0.29, 0.717) is 11.8 Å². The van der Waals surface area contributed by atoms with Crippen molar-refractivity contribution in [1.29, 1.82) is 0 Å². The van der Waals surface area contributed by atoms with E-state index in [1.807, 2.05) is 19.1 Å². The van der Waals surface area contributed by atoms with Crippen molar-refractivity contribution in [2.75, 3.05) is 23.7 Å². The number of nitrogens with two attached hydrogens (primary N) is 1. The van der Waals surface area contributed by atoms with Gasteiger partial charge in [0.2, 0.25) is 0 Å². The van der Waals surface area contributed by atoms with Crippen LogP contribution >= 0.6 is 0 Å². The zero-order valence-electron chi connectivity index (χ0n) is 10.1. The van der Waals surface area contributed by atoms with Gasteiger partial charge in [-0.25, -0.2) is 4.98 Å². The second-order valence-electron chi connectivity index (χ2n) is 5.34. The lowest BCUT2D eigenvalue weighted by Crippen LogP contribution is -2.26. The molecule has 4 heteroatoms. The first-order valence-corrected chi connectivity index (χ1v) is 6.31. The highest BCUT2D eigenvalue weighted by Crippen LogP contribution is 2.40. The molecule has 4 nitrogen and oxygen atoms in total. The van der Waals surface area contributed by atoms with Crippen LogP contribution in [0.4, 0.5) is 11.5 Å². The molecule has 1 aliphatic heterocycles. The summed E-state index contributed by atoms with van der Waals surface area (Å²) in [7, 11) is 0. The molecular weight excluding hydrogens is 214 g/mol. The Hall–Kier alpha value is -1.29. The Morgan fingerprint density at radius 1 is 1.35 bits per heavy atom. The highest BCUT2D eigenvalue weighted by atomic mass is 16.3. The van der Waals surface area contributed by atoms with Crippen LogP contribution in [0.2, 0.25) is 0 Å². The van der Waals surface area contributed by atoms with E-state index in [-0.39, 0.29) is 6.10 Å². The van der Waals surface area contributed by atoms with Crippen LogP contribution in [0.15, 0.2) is 12.1 Å². The first-order chi connectivity index (χ1) is 8.15. The molecule has 0 spiro atoms. The van der Waals surface area contributed by atoms with E-state index in [4.69, 9.17) is 5.73 Å². The average molecular weight is 233 g/mol. The zero-order chi connectivity index (χ0) is 12.0. The molecule has 0 radical (unpaired) electrons. The summed E-state index contributed by atoms with van der Waals surface area (Å²) in [6.07, 6.45) is 1.96. The van der Waals surface area contributed by atoms with E-state index >= 15 is 0 Å². The maximum atomic E-state index is 9.91. The largest absolute Gasteiger partial charge is 0.396 e. The fraction of sp³-hybridized carbons (Fsp3) is 0.615. The van der Waals surface area contributed by atoms with Crippen molar-refractivity contribution in [3.8, 4) is 0 Å². The van der Waals surface area contributed by atoms with Crippen LogP contribution in [0.25, 0.3) is 0 Å². The maximum Gasteiger partial charge on any atom is 0.152 e. The van der Waals surface area contributed by atoms with Gasteiger partial charge in [0.05, 0.1) is 11.8 Å². The third-order valence-electron chi connectivity index (χ3n) is 4.16. The summed E-state index contributed by atoms with van der Waals surface area (Å²) in [5, 5.41) is 9.91. The summed E-state index contributed by atoms with van der Waals surface area (Å²) in [6.45, 7) is 3.86. The van der Waals surface area contributed by atoms with Crippen molar-refractivity contribution in [2.24, 2.45) is 11.8 Å². The molecule has 1 aromatic heterocycles. The number of hydrogen-bond acceptors (Lipinski definition) is 4. The van der Waals surface area contributed by atoms with E-state index in [0.717, 1.165) is 43.1 Å². The number of pyridine rings is 1. The van der Waals surface area contributed by atoms with Gasteiger partial charge in [-0.1, -0.05) is 0 Å². The number of aryl methyl sites for hydroxylation is 1. The molecule has 1 saturated carbocycles. The van der Waals surface area contributed by atoms with Crippen molar-refractivity contribution in [1.82, 2.24) is 4.98 Å². The Morgan fingerprint density at radius 2 is 2.18 bits per heavy atom. The molecule has 2 fully saturated rings. The average Bonchev–Trinajstić information content (AvgIpc) is 2.85. The number of hydrogen-bond donors (Lipinski definition) is 2. The summed E-state index contributed by atoms with van der Waals surface area (Å²) in [5.74, 6) is 1.93. The number of aromatic nitrogens is 1. The molecule has 1 aromatic rings. The minimum atomic E-state index is -0.129. The number of anilines is 2. The number of aliphatic hydroxyl groups excluding tert-OH is 1. The van der Waals surface area contributed by atoms with Gasteiger partial charge in [-0.3, -0.25) is 0 Å². The first-order valence-electron chi connectivity index (χ1n) is 6.31. The smallest absolute Gasteiger partial charge is 0.152 e. The predicted molar refractivity (Wildman–Crippen MR) is 67.8 cm³/mol. The number of rotatable bonds is 1. The van der Waals surface area contributed by atoms with E-state index in [1.54, 1.807) is 0 Å². The third-order valence-corrected chi connectivity index (χ3v) is 4.16. The number of nitrogens with zero attached hydrogens (tertiary/aromatic N) is 2. The molecule has 1 saturated heterocycles. The zero-order valence-corrected chi connectivity index (χ0v) is 10.1. The summed E-state index contributed by atoms with van der Waals surface area (Å²) in [5.41, 5.74) is 7.72. The minimum Gasteiger partial charge on any atom is -0.396 e. The summed E-state index contributed by atoms with van der Waals surface area (Å²) in [4.78, 5) is 6.76. The Balaban J connectivity index is 1.85. The molecule has 17 heavy (non-hydrogen) atoms. The van der Waals surface area contributed by atoms with Gasteiger partial charge in [0.15, 0.2) is 5.82 Å². The van der Waals surface area contributed by atoms with Gasteiger partial charge in [-0.2, -0.15) is 0 Å². The predicted octanol–water partition coefficient (Wildman–Crippen LogP) is 1.18. The van der Waals surface area contributed by atoms with Gasteiger partial charge >= 0.3 is 0 Å². The molecule has 0 aromatic carbocycles. The van der Waals surface area contributed by atoms with Crippen LogP contribution in [0.3, 0.4) is 0 Å². The second kappa shape index (κ2) is 3.88. The van der Waals surface area contributed by atoms with E-state index in [2.05, 4.69) is 9.88 Å². The normalized spacial score (nSPS) is 31.9. The summed E-state index contributed by atoms with van der Waals surface area (Å²) < 4.78 is 0. The summed E-state index contributed by atoms with van der Waals surface area (Å²) >= 11 is 0. The minimum absolute atomic E-state index is 0.129. The molecule has 3 rings (SSSR count). The fourth-order valence-corrected chi connectivity index (χ4v) is 3.22. The number of nitrogen functional groups attached to an aromatic ring is 1. The SMILES string of the molecule is Cc1ccc(N)c(N2CC3CCC(O)C3C2)n1. The molecule has 3 unspecified atom stereocenters. The lowest BCUT2D eigenvalue weighted by atomic mass is 10.00. The van der Waals surface area contributed by atoms with Crippen LogP contribution in [-0.2, 0) is 0 Å². The van der Waals surface area contributed by atoms with E-state index in [1.165, 1.54) is 0 Å². The Morgan fingerprint density at radius 3 is 2.94 bits per heavy atom. The summed E-state index contributed by atoms with van der Waals surface area (Å²) in [6, 6.07) is 3.85. The number of fused-ring (bicyclic) bond motifs is 1. The fourth-order valence-electron chi connectivity index (χ4n) is 3.22. The standard InChI is InChI=1S/C13H19N3O/c1-8-2-4-11(14)13(15-8)16-6-9-3-5-12(17)10(9)7-16/h2,4,9-10,12,17H,3,5-7,14H2,1H3. The quantitative estimate of drug-likeness (QED) is 0.764. The third kappa shape index (κ3) is 1.76. The lowest BCUT2D eigenvalue weighted by Gasteiger charge is -2.21. The molecule has 0 amide bonds. The molecule has 3 N–H and O–H groups in total. The van der Waals surface area contributed by atoms with Crippen LogP contribution < -0.4 is 10.6 Å². The van der Waals surface area contributed by atoms with Gasteiger partial charge in [0.25, 0.3) is 0 Å². The van der Waals surface area contributed by atoms with Crippen LogP contribution in [0.5, 0.6) is 0 Å². The first kappa shape index (κ1) is 10.8. The van der Waals surface area contributed by atoms with Crippen molar-refractivity contribution in [2.45, 2.75) is 25.9 Å². The van der Waals surface area contributed by atoms with Crippen molar-refractivity contribution in [3.05, 3.63) is 17.8 Å². The highest BCUT2D eigenvalue weighted by Gasteiger charge is 2.42. The molecular formula is C13H19N3O. The van der Waals surface area contributed by atoms with Gasteiger partial charge in [0, 0.05) is 24.7 Å². The molecule has 1 aliphatic carbocycles. The van der Waals surface area contributed by atoms with E-state index < -0.39 is 0 Å². The topological polar surface area (TPSA) is 62.4 Å². The van der Waals surface area contributed by atoms with Crippen LogP contribution in [0, 0.1) is 18.8 Å². The van der Waals surface area contributed by atoms with Gasteiger partial charge in [-0.05, 0) is 37.8 Å². The van der Waals surface area contributed by atoms with Crippen LogP contribution in [0.1, 0.15) is 18.5 Å². The Bertz CT molecular complexity index is 435. The molecule has 92 valence electrons. The molecule has 2 aliphatic rings.